The Kier molecular flexibility index (Phi) is 6.55. The number of aryl methyl sites for hydroxylation is 1. The van der Waals surface area contributed by atoms with Crippen molar-refractivity contribution in [1.82, 2.24) is 19.8 Å². The molecule has 2 heterocycles. The third-order valence-corrected chi connectivity index (χ3v) is 6.79. The number of aromatic nitrogens is 2. The molecule has 0 radical (unpaired) electrons. The third kappa shape index (κ3) is 4.13. The van der Waals surface area contributed by atoms with Crippen molar-refractivity contribution in [2.45, 2.75) is 38.9 Å². The molecule has 1 N–H and O–H groups in total. The van der Waals surface area contributed by atoms with Crippen LogP contribution in [0.15, 0.2) is 48.5 Å². The van der Waals surface area contributed by atoms with E-state index in [0.717, 1.165) is 34.6 Å². The second kappa shape index (κ2) is 9.36. The SMILES string of the molecule is CSCC[C@H](NC(=O)[C@H](C(C)C)N1Cc2ccccc2C1=O)c1nc2ccccc2n1C. The number of para-hydroxylation sites is 2. The number of benzene rings is 2. The third-order valence-electron chi connectivity index (χ3n) is 6.15. The maximum absolute atomic E-state index is 13.6. The molecule has 0 aliphatic carbocycles. The van der Waals surface area contributed by atoms with Crippen LogP contribution in [0.3, 0.4) is 0 Å². The molecular formula is C25H30N4O2S. The minimum atomic E-state index is -0.540. The van der Waals surface area contributed by atoms with Gasteiger partial charge in [0, 0.05) is 19.2 Å². The average Bonchev–Trinajstić information content (AvgIpc) is 3.29. The van der Waals surface area contributed by atoms with Crippen molar-refractivity contribution < 1.29 is 9.59 Å². The van der Waals surface area contributed by atoms with Gasteiger partial charge >= 0.3 is 0 Å². The Morgan fingerprint density at radius 2 is 1.88 bits per heavy atom. The predicted molar refractivity (Wildman–Crippen MR) is 130 cm³/mol. The molecule has 1 aliphatic rings. The predicted octanol–water partition coefficient (Wildman–Crippen LogP) is 4.16. The number of carbonyl (C=O) groups is 2. The molecule has 0 bridgehead atoms. The van der Waals surface area contributed by atoms with Crippen molar-refractivity contribution in [3.8, 4) is 0 Å². The van der Waals surface area contributed by atoms with E-state index in [1.165, 1.54) is 0 Å². The quantitative estimate of drug-likeness (QED) is 0.560. The molecule has 0 fully saturated rings. The van der Waals surface area contributed by atoms with Gasteiger partial charge in [-0.25, -0.2) is 4.98 Å². The fraction of sp³-hybridized carbons (Fsp3) is 0.400. The van der Waals surface area contributed by atoms with Crippen LogP contribution in [0, 0.1) is 5.92 Å². The number of hydrogen-bond acceptors (Lipinski definition) is 4. The summed E-state index contributed by atoms with van der Waals surface area (Å²) in [4.78, 5) is 33.2. The molecule has 6 nitrogen and oxygen atoms in total. The van der Waals surface area contributed by atoms with Crippen molar-refractivity contribution in [2.75, 3.05) is 12.0 Å². The Morgan fingerprint density at radius 1 is 1.16 bits per heavy atom. The first kappa shape index (κ1) is 22.4. The Bertz CT molecular complexity index is 1140. The summed E-state index contributed by atoms with van der Waals surface area (Å²) < 4.78 is 2.06. The smallest absolute Gasteiger partial charge is 0.255 e. The van der Waals surface area contributed by atoms with Crippen molar-refractivity contribution in [1.29, 1.82) is 0 Å². The highest BCUT2D eigenvalue weighted by atomic mass is 32.2. The van der Waals surface area contributed by atoms with Crippen molar-refractivity contribution >= 4 is 34.6 Å². The number of nitrogens with one attached hydrogen (secondary N) is 1. The van der Waals surface area contributed by atoms with Crippen LogP contribution in [0.25, 0.3) is 11.0 Å². The number of imidazole rings is 1. The van der Waals surface area contributed by atoms with Gasteiger partial charge in [0.1, 0.15) is 11.9 Å². The molecule has 1 aromatic heterocycles. The molecule has 0 saturated carbocycles. The van der Waals surface area contributed by atoms with Gasteiger partial charge in [0.05, 0.1) is 17.1 Å². The molecule has 7 heteroatoms. The molecule has 2 aromatic carbocycles. The Labute approximate surface area is 193 Å². The van der Waals surface area contributed by atoms with Crippen LogP contribution in [0.5, 0.6) is 0 Å². The Balaban J connectivity index is 1.61. The molecule has 2 amide bonds. The zero-order valence-corrected chi connectivity index (χ0v) is 19.9. The second-order valence-electron chi connectivity index (χ2n) is 8.64. The molecule has 0 unspecified atom stereocenters. The zero-order valence-electron chi connectivity index (χ0n) is 19.0. The normalized spacial score (nSPS) is 15.3. The van der Waals surface area contributed by atoms with Gasteiger partial charge in [-0.05, 0) is 48.1 Å². The van der Waals surface area contributed by atoms with E-state index in [0.29, 0.717) is 12.1 Å². The van der Waals surface area contributed by atoms with Crippen molar-refractivity contribution in [3.05, 3.63) is 65.5 Å². The molecule has 3 aromatic rings. The van der Waals surface area contributed by atoms with E-state index in [9.17, 15) is 9.59 Å². The van der Waals surface area contributed by atoms with E-state index in [1.54, 1.807) is 16.7 Å². The zero-order chi connectivity index (χ0) is 22.8. The molecule has 1 aliphatic heterocycles. The van der Waals surface area contributed by atoms with Crippen molar-refractivity contribution in [2.24, 2.45) is 13.0 Å². The van der Waals surface area contributed by atoms with Crippen LogP contribution in [-0.4, -0.2) is 44.3 Å². The minimum Gasteiger partial charge on any atom is -0.344 e. The van der Waals surface area contributed by atoms with Crippen molar-refractivity contribution in [3.63, 3.8) is 0 Å². The molecule has 0 spiro atoms. The highest BCUT2D eigenvalue weighted by Gasteiger charge is 2.38. The van der Waals surface area contributed by atoms with E-state index < -0.39 is 6.04 Å². The van der Waals surface area contributed by atoms with Gasteiger partial charge < -0.3 is 14.8 Å². The summed E-state index contributed by atoms with van der Waals surface area (Å²) in [5.41, 5.74) is 3.63. The molecule has 2 atom stereocenters. The van der Waals surface area contributed by atoms with Crippen LogP contribution in [-0.2, 0) is 18.4 Å². The van der Waals surface area contributed by atoms with Crippen LogP contribution in [0.4, 0.5) is 0 Å². The standard InChI is InChI=1S/C25H30N4O2S/c1-16(2)22(29-15-17-9-5-6-10-18(17)25(29)31)24(30)27-20(13-14-32-4)23-26-19-11-7-8-12-21(19)28(23)3/h5-12,16,20,22H,13-15H2,1-4H3,(H,27,30)/t20-,22-/m0/s1. The van der Waals surface area contributed by atoms with Gasteiger partial charge in [-0.15, -0.1) is 0 Å². The summed E-state index contributed by atoms with van der Waals surface area (Å²) in [6.45, 7) is 4.45. The first-order valence-corrected chi connectivity index (χ1v) is 12.4. The van der Waals surface area contributed by atoms with E-state index >= 15 is 0 Å². The first-order valence-electron chi connectivity index (χ1n) is 11.0. The van der Waals surface area contributed by atoms with E-state index in [1.807, 2.05) is 69.4 Å². The van der Waals surface area contributed by atoms with E-state index in [2.05, 4.69) is 16.1 Å². The minimum absolute atomic E-state index is 0.0186. The van der Waals surface area contributed by atoms with Gasteiger partial charge in [-0.3, -0.25) is 9.59 Å². The highest BCUT2D eigenvalue weighted by molar-refractivity contribution is 7.98. The lowest BCUT2D eigenvalue weighted by Gasteiger charge is -2.31. The Morgan fingerprint density at radius 3 is 2.56 bits per heavy atom. The number of hydrogen-bond donors (Lipinski definition) is 1. The van der Waals surface area contributed by atoms with E-state index in [4.69, 9.17) is 4.98 Å². The van der Waals surface area contributed by atoms with Crippen LogP contribution in [0.2, 0.25) is 0 Å². The summed E-state index contributed by atoms with van der Waals surface area (Å²) in [6, 6.07) is 14.8. The Hall–Kier alpha value is -2.80. The number of carbonyl (C=O) groups excluding carboxylic acids is 2. The monoisotopic (exact) mass is 450 g/mol. The number of rotatable bonds is 8. The van der Waals surface area contributed by atoms with Gasteiger partial charge in [0.25, 0.3) is 5.91 Å². The molecule has 0 saturated heterocycles. The summed E-state index contributed by atoms with van der Waals surface area (Å²) in [6.07, 6.45) is 2.83. The molecule has 168 valence electrons. The van der Waals surface area contributed by atoms with Crippen LogP contribution in [0.1, 0.15) is 48.1 Å². The van der Waals surface area contributed by atoms with Gasteiger partial charge in [-0.2, -0.15) is 11.8 Å². The molecule has 32 heavy (non-hydrogen) atoms. The summed E-state index contributed by atoms with van der Waals surface area (Å²) in [5, 5.41) is 3.25. The maximum atomic E-state index is 13.6. The second-order valence-corrected chi connectivity index (χ2v) is 9.63. The van der Waals surface area contributed by atoms with Gasteiger partial charge in [0.15, 0.2) is 0 Å². The number of nitrogens with zero attached hydrogens (tertiary/aromatic N) is 3. The average molecular weight is 451 g/mol. The lowest BCUT2D eigenvalue weighted by atomic mass is 10.0. The lowest BCUT2D eigenvalue weighted by Crippen LogP contribution is -2.51. The maximum Gasteiger partial charge on any atom is 0.255 e. The summed E-state index contributed by atoms with van der Waals surface area (Å²) >= 11 is 1.74. The lowest BCUT2D eigenvalue weighted by molar-refractivity contribution is -0.128. The summed E-state index contributed by atoms with van der Waals surface area (Å²) in [5.74, 6) is 1.52. The number of amides is 2. The topological polar surface area (TPSA) is 67.2 Å². The van der Waals surface area contributed by atoms with Gasteiger partial charge in [-0.1, -0.05) is 44.2 Å². The molecular weight excluding hydrogens is 420 g/mol. The number of fused-ring (bicyclic) bond motifs is 2. The van der Waals surface area contributed by atoms with Gasteiger partial charge in [0.2, 0.25) is 5.91 Å². The molecule has 4 rings (SSSR count). The largest absolute Gasteiger partial charge is 0.344 e. The van der Waals surface area contributed by atoms with Crippen LogP contribution >= 0.6 is 11.8 Å². The fourth-order valence-electron chi connectivity index (χ4n) is 4.54. The number of thioether (sulfide) groups is 1. The fourth-order valence-corrected chi connectivity index (χ4v) is 5.01. The highest BCUT2D eigenvalue weighted by Crippen LogP contribution is 2.28. The van der Waals surface area contributed by atoms with Crippen LogP contribution < -0.4 is 5.32 Å². The first-order chi connectivity index (χ1) is 15.4. The van der Waals surface area contributed by atoms with E-state index in [-0.39, 0.29) is 23.8 Å². The summed E-state index contributed by atoms with van der Waals surface area (Å²) in [7, 11) is 1.99.